The number of fused-ring (bicyclic) bond motifs is 2. The summed E-state index contributed by atoms with van der Waals surface area (Å²) < 4.78 is 15.8. The first-order valence-electron chi connectivity index (χ1n) is 8.06. The zero-order chi connectivity index (χ0) is 18.1. The number of hydrogen-bond donors (Lipinski definition) is 1. The van der Waals surface area contributed by atoms with Crippen LogP contribution in [0.5, 0.6) is 0 Å². The number of nitrogens with zero attached hydrogens (tertiary/aromatic N) is 2. The third-order valence-electron chi connectivity index (χ3n) is 5.20. The van der Waals surface area contributed by atoms with Gasteiger partial charge < -0.3 is 0 Å². The number of aliphatic imine (C=N–C) groups is 1. The van der Waals surface area contributed by atoms with Crippen molar-refractivity contribution in [2.45, 2.75) is 26.2 Å². The lowest BCUT2D eigenvalue weighted by Crippen LogP contribution is -2.32. The van der Waals surface area contributed by atoms with E-state index < -0.39 is 17.3 Å². The SMILES string of the molecule is Cn1[nH]c(=O)c2c1N=C1CC(C)(C)C(=O)C1C2c1ccc(F)c(I)c1. The largest absolute Gasteiger partial charge is 0.298 e. The van der Waals surface area contributed by atoms with E-state index >= 15 is 0 Å². The molecule has 2 unspecified atom stereocenters. The van der Waals surface area contributed by atoms with Gasteiger partial charge in [0.25, 0.3) is 5.56 Å². The Morgan fingerprint density at radius 3 is 2.72 bits per heavy atom. The van der Waals surface area contributed by atoms with Crippen LogP contribution in [-0.2, 0) is 11.8 Å². The average Bonchev–Trinajstić information content (AvgIpc) is 2.94. The van der Waals surface area contributed by atoms with Crippen LogP contribution in [0.3, 0.4) is 0 Å². The molecule has 0 radical (unpaired) electrons. The van der Waals surface area contributed by atoms with Crippen molar-refractivity contribution in [3.05, 3.63) is 49.1 Å². The van der Waals surface area contributed by atoms with Gasteiger partial charge in [-0.1, -0.05) is 19.9 Å². The van der Waals surface area contributed by atoms with Crippen molar-refractivity contribution < 1.29 is 9.18 Å². The summed E-state index contributed by atoms with van der Waals surface area (Å²) in [6.45, 7) is 3.83. The molecule has 2 heterocycles. The van der Waals surface area contributed by atoms with Gasteiger partial charge in [-0.3, -0.25) is 19.4 Å². The minimum absolute atomic E-state index is 0.0875. The summed E-state index contributed by atoms with van der Waals surface area (Å²) in [5, 5.41) is 2.74. The number of aromatic amines is 1. The fourth-order valence-electron chi connectivity index (χ4n) is 4.01. The van der Waals surface area contributed by atoms with Gasteiger partial charge in [-0.15, -0.1) is 0 Å². The summed E-state index contributed by atoms with van der Waals surface area (Å²) in [6.07, 6.45) is 0.574. The maximum Gasteiger partial charge on any atom is 0.270 e. The van der Waals surface area contributed by atoms with Crippen LogP contribution in [0.2, 0.25) is 0 Å². The maximum atomic E-state index is 13.7. The van der Waals surface area contributed by atoms with E-state index in [0.29, 0.717) is 21.4 Å². The van der Waals surface area contributed by atoms with E-state index in [9.17, 15) is 14.0 Å². The van der Waals surface area contributed by atoms with Crippen LogP contribution in [0.15, 0.2) is 28.0 Å². The molecule has 1 aromatic heterocycles. The van der Waals surface area contributed by atoms with Gasteiger partial charge in [0, 0.05) is 27.7 Å². The van der Waals surface area contributed by atoms with Gasteiger partial charge in [0.1, 0.15) is 11.6 Å². The number of Topliss-reactive ketones (excluding diaryl/α,β-unsaturated/α-hetero) is 1. The molecular weight excluding hydrogens is 436 g/mol. The van der Waals surface area contributed by atoms with Gasteiger partial charge in [0.2, 0.25) is 0 Å². The third-order valence-corrected chi connectivity index (χ3v) is 6.03. The summed E-state index contributed by atoms with van der Waals surface area (Å²) in [4.78, 5) is 30.2. The minimum atomic E-state index is -0.510. The Morgan fingerprint density at radius 2 is 2.04 bits per heavy atom. The van der Waals surface area contributed by atoms with E-state index in [2.05, 4.69) is 10.1 Å². The average molecular weight is 453 g/mol. The Morgan fingerprint density at radius 1 is 1.32 bits per heavy atom. The zero-order valence-electron chi connectivity index (χ0n) is 14.1. The molecule has 2 aliphatic rings. The highest BCUT2D eigenvalue weighted by Crippen LogP contribution is 2.49. The van der Waals surface area contributed by atoms with Crippen molar-refractivity contribution in [1.29, 1.82) is 0 Å². The van der Waals surface area contributed by atoms with Crippen LogP contribution < -0.4 is 5.56 Å². The number of aryl methyl sites for hydroxylation is 1. The molecular formula is C18H17FIN3O2. The molecule has 7 heteroatoms. The van der Waals surface area contributed by atoms with Crippen LogP contribution in [0.25, 0.3) is 0 Å². The normalized spacial score (nSPS) is 24.0. The van der Waals surface area contributed by atoms with E-state index in [0.717, 1.165) is 11.3 Å². The molecule has 0 amide bonds. The highest BCUT2D eigenvalue weighted by atomic mass is 127. The molecule has 1 fully saturated rings. The van der Waals surface area contributed by atoms with Crippen molar-refractivity contribution in [3.63, 3.8) is 0 Å². The van der Waals surface area contributed by atoms with Gasteiger partial charge in [-0.05, 0) is 46.7 Å². The van der Waals surface area contributed by atoms with E-state index in [1.54, 1.807) is 23.9 Å². The van der Waals surface area contributed by atoms with Crippen molar-refractivity contribution in [2.75, 3.05) is 0 Å². The molecule has 1 N–H and O–H groups in total. The summed E-state index contributed by atoms with van der Waals surface area (Å²) in [6, 6.07) is 4.78. The lowest BCUT2D eigenvalue weighted by atomic mass is 9.76. The van der Waals surface area contributed by atoms with Crippen LogP contribution in [0.4, 0.5) is 10.2 Å². The molecule has 1 aliphatic carbocycles. The Labute approximate surface area is 157 Å². The van der Waals surface area contributed by atoms with Crippen LogP contribution in [0, 0.1) is 20.7 Å². The molecule has 2 aromatic rings. The van der Waals surface area contributed by atoms with Crippen molar-refractivity contribution in [1.82, 2.24) is 9.78 Å². The van der Waals surface area contributed by atoms with Gasteiger partial charge in [-0.25, -0.2) is 9.38 Å². The lowest BCUT2D eigenvalue weighted by Gasteiger charge is -2.27. The maximum absolute atomic E-state index is 13.7. The molecule has 0 saturated heterocycles. The Bertz CT molecular complexity index is 1000. The summed E-state index contributed by atoms with van der Waals surface area (Å²) in [7, 11) is 1.73. The first-order valence-corrected chi connectivity index (χ1v) is 9.14. The Hall–Kier alpha value is -1.77. The Balaban J connectivity index is 2.00. The number of carbonyl (C=O) groups excluding carboxylic acids is 1. The number of rotatable bonds is 1. The zero-order valence-corrected chi connectivity index (χ0v) is 16.2. The predicted octanol–water partition coefficient (Wildman–Crippen LogP) is 3.29. The topological polar surface area (TPSA) is 67.2 Å². The van der Waals surface area contributed by atoms with E-state index in [-0.39, 0.29) is 17.2 Å². The van der Waals surface area contributed by atoms with Crippen molar-refractivity contribution >= 4 is 39.9 Å². The number of aromatic nitrogens is 2. The molecule has 4 rings (SSSR count). The number of benzene rings is 1. The van der Waals surface area contributed by atoms with Gasteiger partial charge >= 0.3 is 0 Å². The van der Waals surface area contributed by atoms with Gasteiger partial charge in [0.15, 0.2) is 5.82 Å². The van der Waals surface area contributed by atoms with Crippen molar-refractivity contribution in [2.24, 2.45) is 23.4 Å². The molecule has 1 aliphatic heterocycles. The molecule has 2 atom stereocenters. The van der Waals surface area contributed by atoms with E-state index in [1.807, 2.05) is 36.4 Å². The number of H-pyrrole nitrogens is 1. The van der Waals surface area contributed by atoms with E-state index in [4.69, 9.17) is 0 Å². The fourth-order valence-corrected chi connectivity index (χ4v) is 4.55. The third kappa shape index (κ3) is 2.35. The van der Waals surface area contributed by atoms with Gasteiger partial charge in [0.05, 0.1) is 11.5 Å². The lowest BCUT2D eigenvalue weighted by molar-refractivity contribution is -0.127. The number of nitrogens with one attached hydrogen (secondary N) is 1. The number of halogens is 2. The first kappa shape index (κ1) is 16.7. The summed E-state index contributed by atoms with van der Waals surface area (Å²) in [5.41, 5.74) is 1.31. The predicted molar refractivity (Wildman–Crippen MR) is 101 cm³/mol. The first-order chi connectivity index (χ1) is 11.7. The highest BCUT2D eigenvalue weighted by molar-refractivity contribution is 14.1. The van der Waals surface area contributed by atoms with E-state index in [1.165, 1.54) is 6.07 Å². The van der Waals surface area contributed by atoms with Crippen molar-refractivity contribution in [3.8, 4) is 0 Å². The second-order valence-electron chi connectivity index (χ2n) is 7.39. The minimum Gasteiger partial charge on any atom is -0.298 e. The Kier molecular flexibility index (Phi) is 3.58. The number of ketones is 1. The van der Waals surface area contributed by atoms with Crippen LogP contribution in [-0.4, -0.2) is 21.3 Å². The molecule has 25 heavy (non-hydrogen) atoms. The smallest absolute Gasteiger partial charge is 0.270 e. The van der Waals surface area contributed by atoms with Crippen LogP contribution in [0.1, 0.15) is 37.3 Å². The summed E-state index contributed by atoms with van der Waals surface area (Å²) in [5.74, 6) is -0.562. The summed E-state index contributed by atoms with van der Waals surface area (Å²) >= 11 is 1.93. The number of carbonyl (C=O) groups is 1. The van der Waals surface area contributed by atoms with Gasteiger partial charge in [-0.2, -0.15) is 0 Å². The highest BCUT2D eigenvalue weighted by Gasteiger charge is 2.52. The molecule has 1 saturated carbocycles. The molecule has 0 bridgehead atoms. The fraction of sp³-hybridized carbons (Fsp3) is 0.389. The van der Waals surface area contributed by atoms with Crippen LogP contribution >= 0.6 is 22.6 Å². The standard InChI is InChI=1S/C18H17FIN3O2/c1-18(2)7-11-13(15(18)24)12(8-4-5-9(19)10(20)6-8)14-16(21-11)23(3)22-17(14)25/h4-6,12-13H,7H2,1-3H3,(H,22,25). The molecule has 130 valence electrons. The second-order valence-corrected chi connectivity index (χ2v) is 8.56. The second kappa shape index (κ2) is 5.36. The molecule has 1 aromatic carbocycles. The number of hydrogen-bond acceptors (Lipinski definition) is 3. The quantitative estimate of drug-likeness (QED) is 0.674. The monoisotopic (exact) mass is 453 g/mol. The molecule has 5 nitrogen and oxygen atoms in total. The molecule has 0 spiro atoms.